The van der Waals surface area contributed by atoms with E-state index in [1.165, 1.54) is 18.2 Å². The Kier molecular flexibility index (Phi) is 5.86. The lowest BCUT2D eigenvalue weighted by atomic mass is 10.1. The molecule has 1 amide bonds. The van der Waals surface area contributed by atoms with E-state index in [0.29, 0.717) is 5.56 Å². The van der Waals surface area contributed by atoms with Crippen LogP contribution in [0.5, 0.6) is 0 Å². The molecule has 3 N–H and O–H groups in total. The van der Waals surface area contributed by atoms with Crippen molar-refractivity contribution in [2.24, 2.45) is 0 Å². The van der Waals surface area contributed by atoms with Gasteiger partial charge in [-0.15, -0.1) is 0 Å². The van der Waals surface area contributed by atoms with Crippen LogP contribution in [0.25, 0.3) is 0 Å². The molecule has 2 rings (SSSR count). The number of para-hydroxylation sites is 1. The maximum atomic E-state index is 13.3. The van der Waals surface area contributed by atoms with Crippen LogP contribution in [0.1, 0.15) is 18.5 Å². The molecule has 0 radical (unpaired) electrons. The lowest BCUT2D eigenvalue weighted by molar-refractivity contribution is -0.682. The third-order valence-electron chi connectivity index (χ3n) is 3.69. The fourth-order valence-electron chi connectivity index (χ4n) is 2.31. The van der Waals surface area contributed by atoms with E-state index in [1.807, 2.05) is 0 Å². The number of hydrogen-bond acceptors (Lipinski definition) is 3. The number of hydrogen-bond donors (Lipinski definition) is 2. The molecule has 2 aromatic rings. The first-order valence-corrected chi connectivity index (χ1v) is 9.45. The van der Waals surface area contributed by atoms with Crippen molar-refractivity contribution >= 4 is 21.4 Å². The monoisotopic (exact) mass is 369 g/mol. The van der Waals surface area contributed by atoms with E-state index in [9.17, 15) is 22.0 Å². The molecule has 0 saturated carbocycles. The van der Waals surface area contributed by atoms with Gasteiger partial charge in [0.15, 0.2) is 28.0 Å². The van der Waals surface area contributed by atoms with E-state index >= 15 is 0 Å². The highest BCUT2D eigenvalue weighted by Crippen LogP contribution is 2.20. The van der Waals surface area contributed by atoms with Gasteiger partial charge < -0.3 is 10.6 Å². The fraction of sp³-hybridized carbons (Fsp3) is 0.235. The standard InChI is InChI=1S/C17H18F2N2O3S/c1-11(12-7-8-13(18)14(19)9-12)20-10-17(22)21-15-5-3-4-6-16(15)25(2,23)24/h3-9,11,20H,10H2,1-2H3,(H,21,22)/p+1/t11-/m0/s1. The van der Waals surface area contributed by atoms with E-state index in [-0.39, 0.29) is 23.2 Å². The van der Waals surface area contributed by atoms with Crippen molar-refractivity contribution in [2.75, 3.05) is 18.1 Å². The summed E-state index contributed by atoms with van der Waals surface area (Å²) in [6.45, 7) is 1.75. The van der Waals surface area contributed by atoms with Crippen LogP contribution in [0.15, 0.2) is 47.4 Å². The maximum Gasteiger partial charge on any atom is 0.279 e. The third kappa shape index (κ3) is 5.07. The second-order valence-electron chi connectivity index (χ2n) is 5.72. The van der Waals surface area contributed by atoms with Crippen LogP contribution >= 0.6 is 0 Å². The molecular weight excluding hydrogens is 350 g/mol. The zero-order valence-corrected chi connectivity index (χ0v) is 14.6. The topological polar surface area (TPSA) is 79.8 Å². The van der Waals surface area contributed by atoms with E-state index in [4.69, 9.17) is 0 Å². The molecule has 0 aromatic heterocycles. The number of sulfone groups is 1. The average molecular weight is 369 g/mol. The predicted octanol–water partition coefficient (Wildman–Crippen LogP) is 1.63. The van der Waals surface area contributed by atoms with Gasteiger partial charge in [-0.1, -0.05) is 12.1 Å². The van der Waals surface area contributed by atoms with Crippen LogP contribution < -0.4 is 10.6 Å². The Morgan fingerprint density at radius 3 is 2.48 bits per heavy atom. The number of anilines is 1. The average Bonchev–Trinajstić information content (AvgIpc) is 2.54. The smallest absolute Gasteiger partial charge is 0.279 e. The number of benzene rings is 2. The Bertz CT molecular complexity index is 885. The van der Waals surface area contributed by atoms with E-state index < -0.39 is 27.4 Å². The maximum absolute atomic E-state index is 13.3. The summed E-state index contributed by atoms with van der Waals surface area (Å²) in [5.74, 6) is -2.26. The summed E-state index contributed by atoms with van der Waals surface area (Å²) in [5, 5.41) is 4.20. The van der Waals surface area contributed by atoms with Gasteiger partial charge in [0.05, 0.1) is 10.6 Å². The Labute approximate surface area is 145 Å². The van der Waals surface area contributed by atoms with Gasteiger partial charge in [0, 0.05) is 11.8 Å². The molecule has 0 saturated heterocycles. The molecule has 134 valence electrons. The lowest BCUT2D eigenvalue weighted by Gasteiger charge is -2.12. The summed E-state index contributed by atoms with van der Waals surface area (Å²) in [6, 6.07) is 9.43. The van der Waals surface area contributed by atoms with Gasteiger partial charge in [0.2, 0.25) is 0 Å². The summed E-state index contributed by atoms with van der Waals surface area (Å²) in [7, 11) is -3.46. The summed E-state index contributed by atoms with van der Waals surface area (Å²) in [4.78, 5) is 12.1. The van der Waals surface area contributed by atoms with Gasteiger partial charge in [-0.2, -0.15) is 0 Å². The summed E-state index contributed by atoms with van der Waals surface area (Å²) >= 11 is 0. The number of carbonyl (C=O) groups is 1. The number of rotatable bonds is 6. The molecule has 0 unspecified atom stereocenters. The first-order chi connectivity index (χ1) is 11.7. The molecule has 0 aliphatic carbocycles. The second-order valence-corrected chi connectivity index (χ2v) is 7.70. The highest BCUT2D eigenvalue weighted by Gasteiger charge is 2.17. The number of halogens is 2. The van der Waals surface area contributed by atoms with Gasteiger partial charge >= 0.3 is 0 Å². The minimum atomic E-state index is -3.46. The largest absolute Gasteiger partial charge is 0.333 e. The van der Waals surface area contributed by atoms with Gasteiger partial charge in [-0.25, -0.2) is 17.2 Å². The van der Waals surface area contributed by atoms with Crippen LogP contribution in [-0.4, -0.2) is 27.1 Å². The van der Waals surface area contributed by atoms with Gasteiger partial charge in [0.1, 0.15) is 6.04 Å². The quantitative estimate of drug-likeness (QED) is 0.812. The summed E-state index contributed by atoms with van der Waals surface area (Å²) in [6.07, 6.45) is 1.06. The third-order valence-corrected chi connectivity index (χ3v) is 4.84. The first-order valence-electron chi connectivity index (χ1n) is 7.55. The van der Waals surface area contributed by atoms with Crippen LogP contribution in [0, 0.1) is 11.6 Å². The lowest BCUT2D eigenvalue weighted by Crippen LogP contribution is -2.86. The minimum Gasteiger partial charge on any atom is -0.333 e. The van der Waals surface area contributed by atoms with E-state index in [2.05, 4.69) is 5.32 Å². The van der Waals surface area contributed by atoms with E-state index in [0.717, 1.165) is 18.4 Å². The normalized spacial score (nSPS) is 12.6. The molecule has 0 aliphatic rings. The molecule has 5 nitrogen and oxygen atoms in total. The van der Waals surface area contributed by atoms with Crippen molar-refractivity contribution in [3.63, 3.8) is 0 Å². The number of amides is 1. The minimum absolute atomic E-state index is 0.00173. The van der Waals surface area contributed by atoms with Crippen LogP contribution in [0.3, 0.4) is 0 Å². The van der Waals surface area contributed by atoms with Crippen LogP contribution in [0.2, 0.25) is 0 Å². The van der Waals surface area contributed by atoms with E-state index in [1.54, 1.807) is 24.4 Å². The number of quaternary nitrogens is 1. The van der Waals surface area contributed by atoms with Crippen LogP contribution in [0.4, 0.5) is 14.5 Å². The number of nitrogens with one attached hydrogen (secondary N) is 1. The van der Waals surface area contributed by atoms with Crippen molar-refractivity contribution in [3.8, 4) is 0 Å². The molecule has 0 bridgehead atoms. The van der Waals surface area contributed by atoms with Gasteiger partial charge in [-0.05, 0) is 37.3 Å². The van der Waals surface area contributed by atoms with Crippen LogP contribution in [-0.2, 0) is 14.6 Å². The second kappa shape index (κ2) is 7.71. The molecule has 0 fully saturated rings. The molecule has 2 aromatic carbocycles. The van der Waals surface area contributed by atoms with Gasteiger partial charge in [0.25, 0.3) is 5.91 Å². The summed E-state index contributed by atoms with van der Waals surface area (Å²) < 4.78 is 49.7. The first kappa shape index (κ1) is 19.0. The van der Waals surface area contributed by atoms with Crippen molar-refractivity contribution < 1.29 is 27.3 Å². The Morgan fingerprint density at radius 2 is 1.84 bits per heavy atom. The Balaban J connectivity index is 2.01. The highest BCUT2D eigenvalue weighted by atomic mass is 32.2. The number of nitrogens with two attached hydrogens (primary N) is 1. The zero-order chi connectivity index (χ0) is 18.6. The molecular formula is C17H19F2N2O3S+. The fourth-order valence-corrected chi connectivity index (χ4v) is 3.15. The zero-order valence-electron chi connectivity index (χ0n) is 13.8. The molecule has 0 heterocycles. The Morgan fingerprint density at radius 1 is 1.16 bits per heavy atom. The predicted molar refractivity (Wildman–Crippen MR) is 89.7 cm³/mol. The molecule has 0 aliphatic heterocycles. The SMILES string of the molecule is C[C@H]([NH2+]CC(=O)Nc1ccccc1S(C)(=O)=O)c1ccc(F)c(F)c1. The molecule has 25 heavy (non-hydrogen) atoms. The Hall–Kier alpha value is -2.32. The van der Waals surface area contributed by atoms with Crippen molar-refractivity contribution in [2.45, 2.75) is 17.9 Å². The summed E-state index contributed by atoms with van der Waals surface area (Å²) in [5.41, 5.74) is 0.757. The van der Waals surface area contributed by atoms with Gasteiger partial charge in [-0.3, -0.25) is 4.79 Å². The van der Waals surface area contributed by atoms with Crippen molar-refractivity contribution in [1.29, 1.82) is 0 Å². The number of carbonyl (C=O) groups excluding carboxylic acids is 1. The molecule has 8 heteroatoms. The highest BCUT2D eigenvalue weighted by molar-refractivity contribution is 7.90. The molecule has 0 spiro atoms. The molecule has 1 atom stereocenters. The van der Waals surface area contributed by atoms with Crippen molar-refractivity contribution in [1.82, 2.24) is 0 Å². The van der Waals surface area contributed by atoms with Crippen molar-refractivity contribution in [3.05, 3.63) is 59.7 Å².